The maximum atomic E-state index is 5.69. The van der Waals surface area contributed by atoms with E-state index in [1.807, 2.05) is 19.2 Å². The topological polar surface area (TPSA) is 65.3 Å². The van der Waals surface area contributed by atoms with Crippen molar-refractivity contribution in [3.63, 3.8) is 0 Å². The molecule has 0 saturated carbocycles. The van der Waals surface area contributed by atoms with E-state index in [-0.39, 0.29) is 6.04 Å². The molecule has 2 N–H and O–H groups in total. The van der Waals surface area contributed by atoms with E-state index in [0.29, 0.717) is 12.0 Å². The summed E-state index contributed by atoms with van der Waals surface area (Å²) in [7, 11) is 1.83. The van der Waals surface area contributed by atoms with E-state index in [1.54, 1.807) is 6.26 Å². The van der Waals surface area contributed by atoms with E-state index in [0.717, 1.165) is 64.2 Å². The zero-order valence-electron chi connectivity index (χ0n) is 18.3. The molecule has 0 spiro atoms. The molecule has 28 heavy (non-hydrogen) atoms. The summed E-state index contributed by atoms with van der Waals surface area (Å²) >= 11 is 0. The third-order valence-corrected chi connectivity index (χ3v) is 5.57. The Morgan fingerprint density at radius 2 is 1.86 bits per heavy atom. The molecule has 1 aliphatic rings. The predicted molar refractivity (Wildman–Crippen MR) is 115 cm³/mol. The van der Waals surface area contributed by atoms with Crippen LogP contribution in [0.4, 0.5) is 0 Å². The Morgan fingerprint density at radius 1 is 1.18 bits per heavy atom. The molecule has 0 radical (unpaired) electrons. The van der Waals surface area contributed by atoms with Crippen molar-refractivity contribution in [3.8, 4) is 0 Å². The van der Waals surface area contributed by atoms with Gasteiger partial charge in [-0.25, -0.2) is 0 Å². The summed E-state index contributed by atoms with van der Waals surface area (Å²) in [5, 5.41) is 7.03. The lowest BCUT2D eigenvalue weighted by Crippen LogP contribution is -2.53. The van der Waals surface area contributed by atoms with Crippen LogP contribution < -0.4 is 10.6 Å². The van der Waals surface area contributed by atoms with Gasteiger partial charge in [0.25, 0.3) is 0 Å². The fraction of sp³-hybridized carbons (Fsp3) is 0.762. The van der Waals surface area contributed by atoms with E-state index >= 15 is 0 Å². The SMILES string of the molecule is CCN(CC)C(CNC(=NC)NCC(C(C)C)N1CCOCC1)c1ccco1. The highest BCUT2D eigenvalue weighted by Gasteiger charge is 2.24. The molecule has 1 saturated heterocycles. The summed E-state index contributed by atoms with van der Waals surface area (Å²) < 4.78 is 11.2. The van der Waals surface area contributed by atoms with Gasteiger partial charge in [0.15, 0.2) is 5.96 Å². The van der Waals surface area contributed by atoms with Gasteiger partial charge in [-0.15, -0.1) is 0 Å². The quantitative estimate of drug-likeness (QED) is 0.469. The number of morpholine rings is 1. The van der Waals surface area contributed by atoms with E-state index < -0.39 is 0 Å². The van der Waals surface area contributed by atoms with Crippen LogP contribution in [0.25, 0.3) is 0 Å². The van der Waals surface area contributed by atoms with Crippen molar-refractivity contribution in [3.05, 3.63) is 24.2 Å². The van der Waals surface area contributed by atoms with E-state index in [9.17, 15) is 0 Å². The van der Waals surface area contributed by atoms with Gasteiger partial charge in [0.1, 0.15) is 5.76 Å². The van der Waals surface area contributed by atoms with E-state index in [2.05, 4.69) is 53.1 Å². The van der Waals surface area contributed by atoms with Gasteiger partial charge in [-0.1, -0.05) is 27.7 Å². The molecule has 160 valence electrons. The van der Waals surface area contributed by atoms with Crippen LogP contribution in [0, 0.1) is 5.92 Å². The second kappa shape index (κ2) is 12.1. The predicted octanol–water partition coefficient (Wildman–Crippen LogP) is 2.18. The molecule has 2 heterocycles. The summed E-state index contributed by atoms with van der Waals surface area (Å²) in [6.07, 6.45) is 1.74. The number of rotatable bonds is 10. The van der Waals surface area contributed by atoms with Gasteiger partial charge in [-0.2, -0.15) is 0 Å². The molecule has 0 aromatic carbocycles. The van der Waals surface area contributed by atoms with Gasteiger partial charge in [0.2, 0.25) is 0 Å². The van der Waals surface area contributed by atoms with E-state index in [1.165, 1.54) is 0 Å². The van der Waals surface area contributed by atoms with Gasteiger partial charge >= 0.3 is 0 Å². The van der Waals surface area contributed by atoms with Crippen LogP contribution in [-0.2, 0) is 4.74 Å². The first kappa shape index (κ1) is 22.7. The highest BCUT2D eigenvalue weighted by molar-refractivity contribution is 5.79. The standard InChI is InChI=1S/C21H39N5O2/c1-6-25(7-2)19(20-9-8-12-28-20)16-24-21(22-5)23-15-18(17(3)4)26-10-13-27-14-11-26/h8-9,12,17-19H,6-7,10-11,13-16H2,1-5H3,(H2,22,23,24). The second-order valence-corrected chi connectivity index (χ2v) is 7.55. The Bertz CT molecular complexity index is 551. The lowest BCUT2D eigenvalue weighted by atomic mass is 10.0. The second-order valence-electron chi connectivity index (χ2n) is 7.55. The molecule has 1 aliphatic heterocycles. The summed E-state index contributed by atoms with van der Waals surface area (Å²) in [6, 6.07) is 4.65. The van der Waals surface area contributed by atoms with Gasteiger partial charge in [0.05, 0.1) is 25.5 Å². The van der Waals surface area contributed by atoms with Crippen LogP contribution in [0.5, 0.6) is 0 Å². The summed E-state index contributed by atoms with van der Waals surface area (Å²) in [5.41, 5.74) is 0. The van der Waals surface area contributed by atoms with Crippen LogP contribution >= 0.6 is 0 Å². The van der Waals surface area contributed by atoms with Crippen LogP contribution in [0.3, 0.4) is 0 Å². The molecular weight excluding hydrogens is 354 g/mol. The summed E-state index contributed by atoms with van der Waals surface area (Å²) in [6.45, 7) is 16.1. The summed E-state index contributed by atoms with van der Waals surface area (Å²) in [4.78, 5) is 9.35. The fourth-order valence-corrected chi connectivity index (χ4v) is 3.87. The number of guanidine groups is 1. The maximum Gasteiger partial charge on any atom is 0.191 e. The number of hydrogen-bond acceptors (Lipinski definition) is 5. The Labute approximate surface area is 170 Å². The molecule has 2 rings (SSSR count). The number of ether oxygens (including phenoxy) is 1. The Morgan fingerprint density at radius 3 is 2.39 bits per heavy atom. The Hall–Kier alpha value is -1.57. The number of likely N-dealkylation sites (N-methyl/N-ethyl adjacent to an activating group) is 1. The lowest BCUT2D eigenvalue weighted by Gasteiger charge is -2.37. The highest BCUT2D eigenvalue weighted by atomic mass is 16.5. The number of nitrogens with one attached hydrogen (secondary N) is 2. The minimum absolute atomic E-state index is 0.184. The zero-order chi connectivity index (χ0) is 20.4. The van der Waals surface area contributed by atoms with Crippen LogP contribution in [0.2, 0.25) is 0 Å². The highest BCUT2D eigenvalue weighted by Crippen LogP contribution is 2.20. The van der Waals surface area contributed by atoms with Crippen molar-refractivity contribution in [2.45, 2.75) is 39.8 Å². The normalized spacial score (nSPS) is 18.5. The third-order valence-electron chi connectivity index (χ3n) is 5.57. The van der Waals surface area contributed by atoms with Crippen molar-refractivity contribution in [1.29, 1.82) is 0 Å². The van der Waals surface area contributed by atoms with Crippen LogP contribution in [0.15, 0.2) is 27.8 Å². The first-order valence-electron chi connectivity index (χ1n) is 10.6. The van der Waals surface area contributed by atoms with Gasteiger partial charge in [0, 0.05) is 39.3 Å². The number of furan rings is 1. The molecule has 0 amide bonds. The largest absolute Gasteiger partial charge is 0.468 e. The average Bonchev–Trinajstić information content (AvgIpc) is 3.24. The van der Waals surface area contributed by atoms with Crippen molar-refractivity contribution in [2.24, 2.45) is 10.9 Å². The molecule has 1 aromatic heterocycles. The molecule has 2 unspecified atom stereocenters. The fourth-order valence-electron chi connectivity index (χ4n) is 3.87. The van der Waals surface area contributed by atoms with Crippen molar-refractivity contribution < 1.29 is 9.15 Å². The van der Waals surface area contributed by atoms with Crippen LogP contribution in [0.1, 0.15) is 39.5 Å². The lowest BCUT2D eigenvalue weighted by molar-refractivity contribution is 0.00751. The molecule has 1 aromatic rings. The molecule has 1 fully saturated rings. The minimum atomic E-state index is 0.184. The first-order valence-corrected chi connectivity index (χ1v) is 10.6. The minimum Gasteiger partial charge on any atom is -0.468 e. The third kappa shape index (κ3) is 6.50. The zero-order valence-corrected chi connectivity index (χ0v) is 18.3. The van der Waals surface area contributed by atoms with Gasteiger partial charge < -0.3 is 19.8 Å². The summed E-state index contributed by atoms with van der Waals surface area (Å²) in [5.74, 6) is 2.39. The first-order chi connectivity index (χ1) is 13.6. The number of nitrogens with zero attached hydrogens (tertiary/aromatic N) is 3. The smallest absolute Gasteiger partial charge is 0.191 e. The maximum absolute atomic E-state index is 5.69. The Kier molecular flexibility index (Phi) is 9.81. The molecule has 0 bridgehead atoms. The van der Waals surface area contributed by atoms with Crippen molar-refractivity contribution in [2.75, 3.05) is 59.5 Å². The van der Waals surface area contributed by atoms with Gasteiger partial charge in [-0.3, -0.25) is 14.8 Å². The van der Waals surface area contributed by atoms with Crippen molar-refractivity contribution in [1.82, 2.24) is 20.4 Å². The molecule has 7 heteroatoms. The molecule has 0 aliphatic carbocycles. The Balaban J connectivity index is 1.93. The molecule has 2 atom stereocenters. The number of hydrogen-bond donors (Lipinski definition) is 2. The van der Waals surface area contributed by atoms with Crippen LogP contribution in [-0.4, -0.2) is 81.3 Å². The monoisotopic (exact) mass is 393 g/mol. The van der Waals surface area contributed by atoms with Gasteiger partial charge in [-0.05, 0) is 31.1 Å². The van der Waals surface area contributed by atoms with Crippen molar-refractivity contribution >= 4 is 5.96 Å². The average molecular weight is 394 g/mol. The number of aliphatic imine (C=N–C) groups is 1. The molecular formula is C21H39N5O2. The molecule has 7 nitrogen and oxygen atoms in total. The van der Waals surface area contributed by atoms with E-state index in [4.69, 9.17) is 9.15 Å².